The molecule has 1 saturated heterocycles. The largest absolute Gasteiger partial charge is 0.492 e. The average Bonchev–Trinajstić information content (AvgIpc) is 3.08. The number of hydrogen-bond donors (Lipinski definition) is 1. The SMILES string of the molecule is CN=C(NCCOc1ccccc1)N1CCN(c2cnn(C)c2)C(=O)C1. The van der Waals surface area contributed by atoms with Crippen LogP contribution < -0.4 is 15.0 Å². The van der Waals surface area contributed by atoms with Gasteiger partial charge >= 0.3 is 0 Å². The molecule has 0 aliphatic carbocycles. The molecular formula is C18H24N6O2. The number of benzene rings is 1. The second kappa shape index (κ2) is 8.37. The molecule has 1 fully saturated rings. The summed E-state index contributed by atoms with van der Waals surface area (Å²) in [4.78, 5) is 20.5. The van der Waals surface area contributed by atoms with Gasteiger partial charge in [0.25, 0.3) is 0 Å². The smallest absolute Gasteiger partial charge is 0.246 e. The van der Waals surface area contributed by atoms with Crippen molar-refractivity contribution >= 4 is 17.6 Å². The summed E-state index contributed by atoms with van der Waals surface area (Å²) in [5.41, 5.74) is 0.830. The van der Waals surface area contributed by atoms with Gasteiger partial charge in [0.1, 0.15) is 18.9 Å². The van der Waals surface area contributed by atoms with Crippen molar-refractivity contribution < 1.29 is 9.53 Å². The standard InChI is InChI=1S/C18H24N6O2/c1-19-18(20-8-11-26-16-6-4-3-5-7-16)23-9-10-24(17(25)14-23)15-12-21-22(2)13-15/h3-7,12-13H,8-11,14H2,1-2H3,(H,19,20). The summed E-state index contributed by atoms with van der Waals surface area (Å²) in [5, 5.41) is 7.38. The van der Waals surface area contributed by atoms with E-state index in [0.717, 1.165) is 11.4 Å². The highest BCUT2D eigenvalue weighted by Gasteiger charge is 2.27. The van der Waals surface area contributed by atoms with E-state index < -0.39 is 0 Å². The minimum Gasteiger partial charge on any atom is -0.492 e. The molecule has 8 heteroatoms. The van der Waals surface area contributed by atoms with Crippen LogP contribution in [0.15, 0.2) is 47.7 Å². The average molecular weight is 356 g/mol. The lowest BCUT2D eigenvalue weighted by Gasteiger charge is -2.35. The number of piperazine rings is 1. The molecule has 1 N–H and O–H groups in total. The Morgan fingerprint density at radius 2 is 2.12 bits per heavy atom. The molecule has 1 aliphatic rings. The molecule has 26 heavy (non-hydrogen) atoms. The molecule has 0 unspecified atom stereocenters. The zero-order chi connectivity index (χ0) is 18.4. The van der Waals surface area contributed by atoms with Crippen LogP contribution in [0.1, 0.15) is 0 Å². The first kappa shape index (κ1) is 17.8. The van der Waals surface area contributed by atoms with Gasteiger partial charge in [-0.15, -0.1) is 0 Å². The van der Waals surface area contributed by atoms with Crippen molar-refractivity contribution in [3.05, 3.63) is 42.7 Å². The number of amides is 1. The van der Waals surface area contributed by atoms with Gasteiger partial charge in [-0.2, -0.15) is 5.10 Å². The van der Waals surface area contributed by atoms with E-state index in [1.54, 1.807) is 22.8 Å². The number of ether oxygens (including phenoxy) is 1. The minimum atomic E-state index is 0.0349. The predicted molar refractivity (Wildman–Crippen MR) is 100 cm³/mol. The highest BCUT2D eigenvalue weighted by molar-refractivity contribution is 5.98. The van der Waals surface area contributed by atoms with Crippen LogP contribution in [-0.4, -0.2) is 66.4 Å². The lowest BCUT2D eigenvalue weighted by molar-refractivity contribution is -0.120. The van der Waals surface area contributed by atoms with Crippen LogP contribution in [0, 0.1) is 0 Å². The molecule has 0 bridgehead atoms. The molecule has 2 aromatic rings. The van der Waals surface area contributed by atoms with Crippen LogP contribution in [0.5, 0.6) is 5.75 Å². The summed E-state index contributed by atoms with van der Waals surface area (Å²) in [5.74, 6) is 1.58. The predicted octanol–water partition coefficient (Wildman–Crippen LogP) is 0.723. The number of hydrogen-bond acceptors (Lipinski definition) is 4. The van der Waals surface area contributed by atoms with E-state index in [0.29, 0.717) is 32.2 Å². The Morgan fingerprint density at radius 3 is 2.77 bits per heavy atom. The summed E-state index contributed by atoms with van der Waals surface area (Å²) in [6.07, 6.45) is 3.56. The third-order valence-corrected chi connectivity index (χ3v) is 4.13. The zero-order valence-electron chi connectivity index (χ0n) is 15.1. The second-order valence-electron chi connectivity index (χ2n) is 5.97. The van der Waals surface area contributed by atoms with Crippen molar-refractivity contribution in [2.24, 2.45) is 12.0 Å². The van der Waals surface area contributed by atoms with Gasteiger partial charge in [0.2, 0.25) is 5.91 Å². The van der Waals surface area contributed by atoms with E-state index in [1.165, 1.54) is 0 Å². The summed E-state index contributed by atoms with van der Waals surface area (Å²) < 4.78 is 7.36. The monoisotopic (exact) mass is 356 g/mol. The number of nitrogens with zero attached hydrogens (tertiary/aromatic N) is 5. The van der Waals surface area contributed by atoms with Crippen molar-refractivity contribution in [2.75, 3.05) is 44.7 Å². The minimum absolute atomic E-state index is 0.0349. The molecule has 1 aliphatic heterocycles. The third kappa shape index (κ3) is 4.33. The summed E-state index contributed by atoms with van der Waals surface area (Å²) >= 11 is 0. The van der Waals surface area contributed by atoms with E-state index in [1.807, 2.05) is 48.5 Å². The van der Waals surface area contributed by atoms with Crippen LogP contribution in [0.3, 0.4) is 0 Å². The Balaban J connectivity index is 1.48. The maximum absolute atomic E-state index is 12.5. The number of rotatable bonds is 5. The number of anilines is 1. The Morgan fingerprint density at radius 1 is 1.31 bits per heavy atom. The van der Waals surface area contributed by atoms with Crippen LogP contribution in [0.2, 0.25) is 0 Å². The van der Waals surface area contributed by atoms with Gasteiger partial charge in [0, 0.05) is 33.4 Å². The molecule has 138 valence electrons. The normalized spacial score (nSPS) is 15.3. The zero-order valence-corrected chi connectivity index (χ0v) is 15.1. The number of aromatic nitrogens is 2. The molecule has 0 saturated carbocycles. The number of carbonyl (C=O) groups excluding carboxylic acids is 1. The fourth-order valence-corrected chi connectivity index (χ4v) is 2.86. The molecular weight excluding hydrogens is 332 g/mol. The van der Waals surface area contributed by atoms with Crippen LogP contribution in [0.25, 0.3) is 0 Å². The highest BCUT2D eigenvalue weighted by Crippen LogP contribution is 2.16. The van der Waals surface area contributed by atoms with Gasteiger partial charge in [-0.05, 0) is 12.1 Å². The maximum atomic E-state index is 12.5. The number of aliphatic imine (C=N–C) groups is 1. The quantitative estimate of drug-likeness (QED) is 0.485. The first-order chi connectivity index (χ1) is 12.7. The molecule has 0 atom stereocenters. The van der Waals surface area contributed by atoms with Gasteiger partial charge in [-0.1, -0.05) is 18.2 Å². The van der Waals surface area contributed by atoms with E-state index in [-0.39, 0.29) is 12.5 Å². The van der Waals surface area contributed by atoms with E-state index in [9.17, 15) is 4.79 Å². The topological polar surface area (TPSA) is 75.0 Å². The Hall–Kier alpha value is -3.03. The second-order valence-corrected chi connectivity index (χ2v) is 5.97. The van der Waals surface area contributed by atoms with Gasteiger partial charge in [0.05, 0.1) is 18.4 Å². The highest BCUT2D eigenvalue weighted by atomic mass is 16.5. The number of para-hydroxylation sites is 1. The van der Waals surface area contributed by atoms with Crippen LogP contribution in [-0.2, 0) is 11.8 Å². The van der Waals surface area contributed by atoms with Crippen molar-refractivity contribution in [3.8, 4) is 5.75 Å². The first-order valence-corrected chi connectivity index (χ1v) is 8.60. The van der Waals surface area contributed by atoms with Crippen molar-refractivity contribution in [1.29, 1.82) is 0 Å². The molecule has 3 rings (SSSR count). The van der Waals surface area contributed by atoms with Crippen molar-refractivity contribution in [2.45, 2.75) is 0 Å². The van der Waals surface area contributed by atoms with Crippen molar-refractivity contribution in [1.82, 2.24) is 20.0 Å². The summed E-state index contributed by atoms with van der Waals surface area (Å²) in [6.45, 7) is 2.73. The molecule has 8 nitrogen and oxygen atoms in total. The van der Waals surface area contributed by atoms with Gasteiger partial charge in [0.15, 0.2) is 5.96 Å². The van der Waals surface area contributed by atoms with Crippen LogP contribution in [0.4, 0.5) is 5.69 Å². The Kier molecular flexibility index (Phi) is 5.73. The Bertz CT molecular complexity index is 758. The van der Waals surface area contributed by atoms with E-state index >= 15 is 0 Å². The number of aryl methyl sites for hydroxylation is 1. The molecule has 0 spiro atoms. The first-order valence-electron chi connectivity index (χ1n) is 8.60. The van der Waals surface area contributed by atoms with E-state index in [2.05, 4.69) is 15.4 Å². The Labute approximate surface area is 153 Å². The maximum Gasteiger partial charge on any atom is 0.246 e. The number of carbonyl (C=O) groups is 1. The lowest BCUT2D eigenvalue weighted by Crippen LogP contribution is -2.55. The molecule has 0 radical (unpaired) electrons. The molecule has 1 aromatic carbocycles. The van der Waals surface area contributed by atoms with Crippen molar-refractivity contribution in [3.63, 3.8) is 0 Å². The molecule has 1 amide bonds. The van der Waals surface area contributed by atoms with Crippen LogP contribution >= 0.6 is 0 Å². The summed E-state index contributed by atoms with van der Waals surface area (Å²) in [7, 11) is 3.56. The molecule has 2 heterocycles. The third-order valence-electron chi connectivity index (χ3n) is 4.13. The van der Waals surface area contributed by atoms with Gasteiger partial charge in [-0.3, -0.25) is 14.5 Å². The lowest BCUT2D eigenvalue weighted by atomic mass is 10.3. The van der Waals surface area contributed by atoms with Gasteiger partial charge in [-0.25, -0.2) is 0 Å². The fraction of sp³-hybridized carbons (Fsp3) is 0.389. The van der Waals surface area contributed by atoms with Gasteiger partial charge < -0.3 is 19.9 Å². The number of nitrogens with one attached hydrogen (secondary N) is 1. The fourth-order valence-electron chi connectivity index (χ4n) is 2.86. The molecule has 1 aromatic heterocycles. The van der Waals surface area contributed by atoms with E-state index in [4.69, 9.17) is 4.74 Å². The number of guanidine groups is 1. The summed E-state index contributed by atoms with van der Waals surface area (Å²) in [6, 6.07) is 9.68.